The summed E-state index contributed by atoms with van der Waals surface area (Å²) in [5, 5.41) is 0. The third-order valence-corrected chi connectivity index (χ3v) is 2.75. The zero-order valence-corrected chi connectivity index (χ0v) is 8.23. The van der Waals surface area contributed by atoms with Crippen LogP contribution in [-0.2, 0) is 15.1 Å². The van der Waals surface area contributed by atoms with Crippen molar-refractivity contribution in [3.05, 3.63) is 24.2 Å². The van der Waals surface area contributed by atoms with Gasteiger partial charge in [-0.25, -0.2) is 0 Å². The highest BCUT2D eigenvalue weighted by molar-refractivity contribution is 5.56. The van der Waals surface area contributed by atoms with E-state index in [9.17, 15) is 4.79 Å². The maximum Gasteiger partial charge on any atom is 0.148 e. The molecule has 1 aliphatic rings. The van der Waals surface area contributed by atoms with Crippen LogP contribution in [0.25, 0.3) is 0 Å². The minimum absolute atomic E-state index is 0.279. The molecule has 2 rings (SSSR count). The van der Waals surface area contributed by atoms with Crippen LogP contribution in [0.5, 0.6) is 0 Å². The number of hydrogen-bond donors (Lipinski definition) is 0. The largest absolute Gasteiger partial charge is 0.466 e. The first-order valence-electron chi connectivity index (χ1n) is 4.92. The molecule has 2 atom stereocenters. The lowest BCUT2D eigenvalue weighted by atomic mass is 9.91. The number of aldehydes is 1. The number of ether oxygens (including phenoxy) is 1. The fourth-order valence-corrected chi connectivity index (χ4v) is 1.95. The molecular weight excluding hydrogens is 180 g/mol. The predicted octanol–water partition coefficient (Wildman–Crippen LogP) is 2.26. The normalized spacial score (nSPS) is 32.8. The van der Waals surface area contributed by atoms with Gasteiger partial charge in [-0.15, -0.1) is 0 Å². The van der Waals surface area contributed by atoms with Gasteiger partial charge in [-0.1, -0.05) is 0 Å². The summed E-state index contributed by atoms with van der Waals surface area (Å²) in [4.78, 5) is 10.7. The maximum absolute atomic E-state index is 10.7. The van der Waals surface area contributed by atoms with Crippen molar-refractivity contribution in [1.82, 2.24) is 0 Å². The third-order valence-electron chi connectivity index (χ3n) is 2.75. The summed E-state index contributed by atoms with van der Waals surface area (Å²) in [5.41, 5.74) is -0.423. The van der Waals surface area contributed by atoms with Crippen LogP contribution in [0.2, 0.25) is 0 Å². The summed E-state index contributed by atoms with van der Waals surface area (Å²) in [6.45, 7) is 1.97. The second-order valence-corrected chi connectivity index (χ2v) is 3.89. The van der Waals surface area contributed by atoms with Crippen molar-refractivity contribution in [2.24, 2.45) is 0 Å². The van der Waals surface area contributed by atoms with Crippen LogP contribution < -0.4 is 0 Å². The molecule has 0 bridgehead atoms. The number of carbonyl (C=O) groups excluding carboxylic acids is 1. The standard InChI is InChI=1S/C11H14O3/c1-11(10-5-3-7-13-10)6-2-4-9(8-12)14-11/h3,5,7-9H,2,4,6H2,1H3. The second-order valence-electron chi connectivity index (χ2n) is 3.89. The van der Waals surface area contributed by atoms with Crippen molar-refractivity contribution in [2.45, 2.75) is 37.9 Å². The van der Waals surface area contributed by atoms with Crippen molar-refractivity contribution < 1.29 is 13.9 Å². The zero-order chi connectivity index (χ0) is 10.0. The van der Waals surface area contributed by atoms with Gasteiger partial charge < -0.3 is 13.9 Å². The van der Waals surface area contributed by atoms with Crippen molar-refractivity contribution in [1.29, 1.82) is 0 Å². The van der Waals surface area contributed by atoms with Gasteiger partial charge >= 0.3 is 0 Å². The zero-order valence-electron chi connectivity index (χ0n) is 8.23. The van der Waals surface area contributed by atoms with Gasteiger partial charge in [0.05, 0.1) is 6.26 Å². The Bertz CT molecular complexity index is 304. The summed E-state index contributed by atoms with van der Waals surface area (Å²) in [6, 6.07) is 3.74. The molecule has 2 heterocycles. The molecule has 0 spiro atoms. The molecule has 0 aliphatic carbocycles. The van der Waals surface area contributed by atoms with Crippen LogP contribution in [0.1, 0.15) is 31.9 Å². The minimum atomic E-state index is -0.423. The molecule has 14 heavy (non-hydrogen) atoms. The van der Waals surface area contributed by atoms with Gasteiger partial charge in [0.15, 0.2) is 0 Å². The molecule has 0 aromatic carbocycles. The van der Waals surface area contributed by atoms with E-state index in [1.807, 2.05) is 19.1 Å². The molecule has 2 unspecified atom stereocenters. The van der Waals surface area contributed by atoms with Crippen molar-refractivity contribution in [3.8, 4) is 0 Å². The van der Waals surface area contributed by atoms with Gasteiger partial charge in [0, 0.05) is 0 Å². The van der Waals surface area contributed by atoms with E-state index in [2.05, 4.69) is 0 Å². The molecule has 0 amide bonds. The molecule has 1 fully saturated rings. The predicted molar refractivity (Wildman–Crippen MR) is 50.8 cm³/mol. The Hall–Kier alpha value is -1.09. The molecule has 1 aromatic heterocycles. The van der Waals surface area contributed by atoms with Crippen LogP contribution in [0.4, 0.5) is 0 Å². The van der Waals surface area contributed by atoms with E-state index in [1.54, 1.807) is 6.26 Å². The Balaban J connectivity index is 2.19. The number of carbonyl (C=O) groups is 1. The molecular formula is C11H14O3. The topological polar surface area (TPSA) is 39.4 Å². The summed E-state index contributed by atoms with van der Waals surface area (Å²) >= 11 is 0. The van der Waals surface area contributed by atoms with Crippen molar-refractivity contribution in [3.63, 3.8) is 0 Å². The van der Waals surface area contributed by atoms with Crippen LogP contribution in [0.3, 0.4) is 0 Å². The molecule has 0 radical (unpaired) electrons. The fraction of sp³-hybridized carbons (Fsp3) is 0.545. The molecule has 3 nitrogen and oxygen atoms in total. The first-order chi connectivity index (χ1) is 6.74. The van der Waals surface area contributed by atoms with Gasteiger partial charge in [-0.3, -0.25) is 0 Å². The highest BCUT2D eigenvalue weighted by atomic mass is 16.5. The van der Waals surface area contributed by atoms with Gasteiger partial charge in [0.2, 0.25) is 0 Å². The lowest BCUT2D eigenvalue weighted by Gasteiger charge is -2.35. The van der Waals surface area contributed by atoms with E-state index in [1.165, 1.54) is 0 Å². The maximum atomic E-state index is 10.7. The van der Waals surface area contributed by atoms with Gasteiger partial charge in [-0.05, 0) is 38.3 Å². The minimum Gasteiger partial charge on any atom is -0.466 e. The highest BCUT2D eigenvalue weighted by Crippen LogP contribution is 2.36. The Kier molecular flexibility index (Phi) is 2.42. The Morgan fingerprint density at radius 2 is 2.50 bits per heavy atom. The van der Waals surface area contributed by atoms with Crippen LogP contribution >= 0.6 is 0 Å². The SMILES string of the molecule is CC1(c2ccco2)CCCC(C=O)O1. The van der Waals surface area contributed by atoms with Crippen LogP contribution in [0.15, 0.2) is 22.8 Å². The molecule has 0 N–H and O–H groups in total. The lowest BCUT2D eigenvalue weighted by Crippen LogP contribution is -2.36. The highest BCUT2D eigenvalue weighted by Gasteiger charge is 2.36. The van der Waals surface area contributed by atoms with Crippen molar-refractivity contribution in [2.75, 3.05) is 0 Å². The first-order valence-corrected chi connectivity index (χ1v) is 4.92. The third kappa shape index (κ3) is 1.60. The van der Waals surface area contributed by atoms with Crippen LogP contribution in [-0.4, -0.2) is 12.4 Å². The Labute approximate surface area is 83.0 Å². The average molecular weight is 194 g/mol. The van der Waals surface area contributed by atoms with Gasteiger partial charge in [-0.2, -0.15) is 0 Å². The van der Waals surface area contributed by atoms with Crippen molar-refractivity contribution >= 4 is 6.29 Å². The molecule has 3 heteroatoms. The van der Waals surface area contributed by atoms with Gasteiger partial charge in [0.25, 0.3) is 0 Å². The van der Waals surface area contributed by atoms with Crippen LogP contribution in [0, 0.1) is 0 Å². The molecule has 1 aromatic rings. The summed E-state index contributed by atoms with van der Waals surface area (Å²) in [7, 11) is 0. The fourth-order valence-electron chi connectivity index (χ4n) is 1.95. The number of rotatable bonds is 2. The Morgan fingerprint density at radius 3 is 3.14 bits per heavy atom. The van der Waals surface area contributed by atoms with Gasteiger partial charge in [0.1, 0.15) is 23.8 Å². The monoisotopic (exact) mass is 194 g/mol. The number of hydrogen-bond acceptors (Lipinski definition) is 3. The summed E-state index contributed by atoms with van der Waals surface area (Å²) < 4.78 is 11.0. The Morgan fingerprint density at radius 1 is 1.64 bits per heavy atom. The van der Waals surface area contributed by atoms with E-state index < -0.39 is 5.60 Å². The lowest BCUT2D eigenvalue weighted by molar-refractivity contribution is -0.149. The van der Waals surface area contributed by atoms with E-state index in [4.69, 9.17) is 9.15 Å². The molecule has 76 valence electrons. The smallest absolute Gasteiger partial charge is 0.148 e. The number of furan rings is 1. The quantitative estimate of drug-likeness (QED) is 0.678. The molecule has 1 aliphatic heterocycles. The van der Waals surface area contributed by atoms with E-state index in [0.29, 0.717) is 0 Å². The summed E-state index contributed by atoms with van der Waals surface area (Å²) in [6.07, 6.45) is 4.96. The molecule has 0 saturated carbocycles. The average Bonchev–Trinajstić information content (AvgIpc) is 2.71. The second kappa shape index (κ2) is 3.58. The summed E-state index contributed by atoms with van der Waals surface area (Å²) in [5.74, 6) is 0.809. The van der Waals surface area contributed by atoms with E-state index in [-0.39, 0.29) is 6.10 Å². The van der Waals surface area contributed by atoms with E-state index >= 15 is 0 Å². The molecule has 1 saturated heterocycles. The van der Waals surface area contributed by atoms with E-state index in [0.717, 1.165) is 31.3 Å². The first kappa shape index (κ1) is 9.46.